The first-order valence-corrected chi connectivity index (χ1v) is 6.40. The fourth-order valence-corrected chi connectivity index (χ4v) is 1.60. The molecule has 8 heteroatoms. The Morgan fingerprint density at radius 2 is 2.09 bits per heavy atom. The molecule has 1 aromatic heterocycles. The highest BCUT2D eigenvalue weighted by atomic mass is 16.6. The predicted octanol–water partition coefficient (Wildman–Crippen LogP) is 2.35. The normalized spacial score (nSPS) is 10.6. The van der Waals surface area contributed by atoms with Crippen LogP contribution in [0.15, 0.2) is 45.9 Å². The highest BCUT2D eigenvalue weighted by Crippen LogP contribution is 2.14. The zero-order chi connectivity index (χ0) is 15.9. The van der Waals surface area contributed by atoms with E-state index in [1.54, 1.807) is 24.3 Å². The van der Waals surface area contributed by atoms with Crippen LogP contribution in [0.3, 0.4) is 0 Å². The maximum absolute atomic E-state index is 11.8. The Bertz CT molecular complexity index is 691. The van der Waals surface area contributed by atoms with Crippen molar-refractivity contribution in [3.05, 3.63) is 57.8 Å². The predicted molar refractivity (Wildman–Crippen MR) is 78.0 cm³/mol. The molecule has 1 amide bonds. The highest BCUT2D eigenvalue weighted by Gasteiger charge is 2.10. The van der Waals surface area contributed by atoms with Gasteiger partial charge < -0.3 is 9.15 Å². The summed E-state index contributed by atoms with van der Waals surface area (Å²) in [5.74, 6) is 0.0313. The Morgan fingerprint density at radius 1 is 1.36 bits per heavy atom. The molecule has 0 spiro atoms. The van der Waals surface area contributed by atoms with Gasteiger partial charge in [0.25, 0.3) is 5.91 Å². The molecule has 0 aliphatic carbocycles. The van der Waals surface area contributed by atoms with Gasteiger partial charge in [0.2, 0.25) is 0 Å². The van der Waals surface area contributed by atoms with Crippen LogP contribution < -0.4 is 10.2 Å². The molecular weight excluding hydrogens is 290 g/mol. The minimum absolute atomic E-state index is 0.165. The van der Waals surface area contributed by atoms with Crippen LogP contribution in [0.1, 0.15) is 23.0 Å². The number of nitro groups is 1. The van der Waals surface area contributed by atoms with Crippen molar-refractivity contribution in [3.8, 4) is 5.75 Å². The molecule has 0 atom stereocenters. The molecular formula is C14H13N3O5. The summed E-state index contributed by atoms with van der Waals surface area (Å²) in [5, 5.41) is 14.1. The molecule has 0 unspecified atom stereocenters. The fraction of sp³-hybridized carbons (Fsp3) is 0.143. The number of nitrogens with one attached hydrogen (secondary N) is 1. The second-order valence-electron chi connectivity index (χ2n) is 4.09. The van der Waals surface area contributed by atoms with E-state index in [1.807, 2.05) is 6.92 Å². The first kappa shape index (κ1) is 15.2. The van der Waals surface area contributed by atoms with Crippen molar-refractivity contribution in [2.24, 2.45) is 5.10 Å². The van der Waals surface area contributed by atoms with Gasteiger partial charge in [-0.3, -0.25) is 14.9 Å². The van der Waals surface area contributed by atoms with E-state index in [1.165, 1.54) is 18.3 Å². The molecule has 0 radical (unpaired) electrons. The molecule has 1 heterocycles. The number of ether oxygens (including phenoxy) is 1. The summed E-state index contributed by atoms with van der Waals surface area (Å²) in [7, 11) is 0. The van der Waals surface area contributed by atoms with Crippen LogP contribution >= 0.6 is 0 Å². The van der Waals surface area contributed by atoms with Crippen LogP contribution in [0.25, 0.3) is 0 Å². The van der Waals surface area contributed by atoms with E-state index >= 15 is 0 Å². The number of hydrogen-bond donors (Lipinski definition) is 1. The first-order chi connectivity index (χ1) is 10.6. The molecule has 22 heavy (non-hydrogen) atoms. The Hall–Kier alpha value is -3.16. The number of hydrazone groups is 1. The summed E-state index contributed by atoms with van der Waals surface area (Å²) < 4.78 is 10.1. The molecule has 1 aromatic carbocycles. The van der Waals surface area contributed by atoms with E-state index in [2.05, 4.69) is 10.5 Å². The van der Waals surface area contributed by atoms with Gasteiger partial charge in [-0.1, -0.05) is 0 Å². The van der Waals surface area contributed by atoms with E-state index in [9.17, 15) is 14.9 Å². The van der Waals surface area contributed by atoms with Gasteiger partial charge >= 0.3 is 5.88 Å². The maximum Gasteiger partial charge on any atom is 0.433 e. The number of nitrogens with zero attached hydrogens (tertiary/aromatic N) is 2. The number of carbonyl (C=O) groups is 1. The molecule has 0 saturated carbocycles. The summed E-state index contributed by atoms with van der Waals surface area (Å²) in [5.41, 5.74) is 2.71. The lowest BCUT2D eigenvalue weighted by Gasteiger charge is -2.03. The van der Waals surface area contributed by atoms with Gasteiger partial charge in [0.1, 0.15) is 10.7 Å². The monoisotopic (exact) mass is 303 g/mol. The molecule has 8 nitrogen and oxygen atoms in total. The van der Waals surface area contributed by atoms with E-state index in [0.29, 0.717) is 17.9 Å². The van der Waals surface area contributed by atoms with Gasteiger partial charge in [-0.2, -0.15) is 5.10 Å². The van der Waals surface area contributed by atoms with Gasteiger partial charge in [0, 0.05) is 5.56 Å². The van der Waals surface area contributed by atoms with Crippen LogP contribution in [-0.4, -0.2) is 23.7 Å². The standard InChI is InChI=1S/C14H13N3O5/c1-2-21-11-5-3-10(4-6-11)14(18)16-15-9-12-7-8-13(22-12)17(19)20/h3-9H,2H2,1H3,(H,16,18). The Balaban J connectivity index is 1.93. The Kier molecular flexibility index (Phi) is 4.86. The first-order valence-electron chi connectivity index (χ1n) is 6.40. The Labute approximate surface area is 125 Å². The number of benzene rings is 1. The molecule has 2 rings (SSSR count). The maximum atomic E-state index is 11.8. The van der Waals surface area contributed by atoms with Crippen molar-refractivity contribution in [3.63, 3.8) is 0 Å². The van der Waals surface area contributed by atoms with Gasteiger partial charge in [0.05, 0.1) is 18.9 Å². The van der Waals surface area contributed by atoms with E-state index in [4.69, 9.17) is 9.15 Å². The zero-order valence-corrected chi connectivity index (χ0v) is 11.7. The van der Waals surface area contributed by atoms with E-state index in [-0.39, 0.29) is 11.6 Å². The van der Waals surface area contributed by atoms with Crippen LogP contribution in [0.4, 0.5) is 5.88 Å². The number of hydrogen-bond acceptors (Lipinski definition) is 6. The average Bonchev–Trinajstić information content (AvgIpc) is 2.97. The van der Waals surface area contributed by atoms with Gasteiger partial charge in [-0.15, -0.1) is 0 Å². The van der Waals surface area contributed by atoms with Crippen LogP contribution in [0, 0.1) is 10.1 Å². The lowest BCUT2D eigenvalue weighted by molar-refractivity contribution is -0.402. The summed E-state index contributed by atoms with van der Waals surface area (Å²) in [6, 6.07) is 9.15. The van der Waals surface area contributed by atoms with Crippen molar-refractivity contribution in [2.45, 2.75) is 6.92 Å². The quantitative estimate of drug-likeness (QED) is 0.500. The molecule has 0 fully saturated rings. The van der Waals surface area contributed by atoms with E-state index < -0.39 is 10.8 Å². The molecule has 0 saturated heterocycles. The molecule has 0 bridgehead atoms. The summed E-state index contributed by atoms with van der Waals surface area (Å²) in [6.07, 6.45) is 1.18. The zero-order valence-electron chi connectivity index (χ0n) is 11.7. The molecule has 2 aromatic rings. The van der Waals surface area contributed by atoms with Crippen molar-refractivity contribution >= 4 is 18.0 Å². The lowest BCUT2D eigenvalue weighted by atomic mass is 10.2. The van der Waals surface area contributed by atoms with Crippen molar-refractivity contribution < 1.29 is 18.9 Å². The van der Waals surface area contributed by atoms with Crippen molar-refractivity contribution in [1.29, 1.82) is 0 Å². The molecule has 114 valence electrons. The molecule has 0 aliphatic heterocycles. The third-order valence-corrected chi connectivity index (χ3v) is 2.58. The van der Waals surface area contributed by atoms with Gasteiger partial charge in [0.15, 0.2) is 5.76 Å². The largest absolute Gasteiger partial charge is 0.494 e. The van der Waals surface area contributed by atoms with E-state index in [0.717, 1.165) is 0 Å². The minimum Gasteiger partial charge on any atom is -0.494 e. The third-order valence-electron chi connectivity index (χ3n) is 2.58. The summed E-state index contributed by atoms with van der Waals surface area (Å²) >= 11 is 0. The second-order valence-corrected chi connectivity index (χ2v) is 4.09. The Morgan fingerprint density at radius 3 is 2.68 bits per heavy atom. The van der Waals surface area contributed by atoms with Gasteiger partial charge in [-0.05, 0) is 37.3 Å². The average molecular weight is 303 g/mol. The highest BCUT2D eigenvalue weighted by molar-refractivity contribution is 5.94. The lowest BCUT2D eigenvalue weighted by Crippen LogP contribution is -2.17. The van der Waals surface area contributed by atoms with Crippen LogP contribution in [0.5, 0.6) is 5.75 Å². The van der Waals surface area contributed by atoms with Crippen LogP contribution in [-0.2, 0) is 0 Å². The fourth-order valence-electron chi connectivity index (χ4n) is 1.60. The molecule has 0 aliphatic rings. The number of amides is 1. The second kappa shape index (κ2) is 7.02. The summed E-state index contributed by atoms with van der Waals surface area (Å²) in [6.45, 7) is 2.42. The smallest absolute Gasteiger partial charge is 0.433 e. The van der Waals surface area contributed by atoms with Gasteiger partial charge in [-0.25, -0.2) is 5.43 Å². The van der Waals surface area contributed by atoms with Crippen molar-refractivity contribution in [1.82, 2.24) is 5.43 Å². The van der Waals surface area contributed by atoms with Crippen LogP contribution in [0.2, 0.25) is 0 Å². The molecule has 1 N–H and O–H groups in total. The number of carbonyl (C=O) groups excluding carboxylic acids is 1. The van der Waals surface area contributed by atoms with Crippen molar-refractivity contribution in [2.75, 3.05) is 6.61 Å². The third kappa shape index (κ3) is 3.92. The summed E-state index contributed by atoms with van der Waals surface area (Å²) in [4.78, 5) is 21.6. The SMILES string of the molecule is CCOc1ccc(C(=O)NN=Cc2ccc([N+](=O)[O-])o2)cc1. The number of furan rings is 1. The minimum atomic E-state index is -0.657. The topological polar surface area (TPSA) is 107 Å². The number of rotatable bonds is 6.